The van der Waals surface area contributed by atoms with Crippen molar-refractivity contribution in [2.45, 2.75) is 38.9 Å². The Kier molecular flexibility index (Phi) is 7.92. The number of likely N-dealkylation sites (tertiary alicyclic amines) is 1. The average Bonchev–Trinajstić information content (AvgIpc) is 3.53. The maximum Gasteiger partial charge on any atom is 0.257 e. The minimum absolute atomic E-state index is 0. The number of halogens is 1. The van der Waals surface area contributed by atoms with Gasteiger partial charge in [-0.15, -0.1) is 12.4 Å². The van der Waals surface area contributed by atoms with Gasteiger partial charge in [0.2, 0.25) is 15.9 Å². The number of amides is 2. The number of piperazine rings is 1. The Morgan fingerprint density at radius 1 is 1.05 bits per heavy atom. The largest absolute Gasteiger partial charge is 0.467 e. The van der Waals surface area contributed by atoms with Crippen LogP contribution < -0.4 is 4.90 Å². The van der Waals surface area contributed by atoms with E-state index >= 15 is 0 Å². The molecule has 3 aliphatic rings. The first-order valence-electron chi connectivity index (χ1n) is 12.6. The molecule has 2 aromatic rings. The lowest BCUT2D eigenvalue weighted by Crippen LogP contribution is -2.46. The number of carbonyl (C=O) groups is 2. The van der Waals surface area contributed by atoms with E-state index < -0.39 is 33.9 Å². The molecular formula is C26H35ClN4O5S. The van der Waals surface area contributed by atoms with Crippen LogP contribution >= 0.6 is 12.4 Å². The van der Waals surface area contributed by atoms with Gasteiger partial charge in [-0.2, -0.15) is 0 Å². The molecule has 3 aliphatic heterocycles. The van der Waals surface area contributed by atoms with Gasteiger partial charge in [-0.3, -0.25) is 14.5 Å². The molecule has 3 saturated heterocycles. The van der Waals surface area contributed by atoms with E-state index in [0.717, 1.165) is 36.7 Å². The van der Waals surface area contributed by atoms with Gasteiger partial charge in [-0.25, -0.2) is 12.7 Å². The summed E-state index contributed by atoms with van der Waals surface area (Å²) in [4.78, 5) is 33.2. The zero-order chi connectivity index (χ0) is 25.6. The van der Waals surface area contributed by atoms with Gasteiger partial charge in [0.25, 0.3) is 5.91 Å². The maximum absolute atomic E-state index is 13.7. The molecular weight excluding hydrogens is 516 g/mol. The van der Waals surface area contributed by atoms with Crippen LogP contribution in [0.5, 0.6) is 0 Å². The highest BCUT2D eigenvalue weighted by Crippen LogP contribution is 2.42. The molecule has 5 rings (SSSR count). The van der Waals surface area contributed by atoms with Gasteiger partial charge in [0.1, 0.15) is 5.76 Å². The lowest BCUT2D eigenvalue weighted by molar-refractivity contribution is -0.129. The van der Waals surface area contributed by atoms with E-state index in [2.05, 4.69) is 21.9 Å². The van der Waals surface area contributed by atoms with Gasteiger partial charge in [0.05, 0.1) is 42.6 Å². The van der Waals surface area contributed by atoms with Crippen molar-refractivity contribution in [3.8, 4) is 0 Å². The molecule has 0 aliphatic carbocycles. The molecule has 37 heavy (non-hydrogen) atoms. The molecule has 0 spiro atoms. The molecule has 202 valence electrons. The summed E-state index contributed by atoms with van der Waals surface area (Å²) in [5.41, 5.74) is 1.71. The number of anilines is 1. The lowest BCUT2D eigenvalue weighted by atomic mass is 9.88. The lowest BCUT2D eigenvalue weighted by Gasteiger charge is -2.36. The number of rotatable bonds is 6. The molecule has 2 amide bonds. The normalized spacial score (nSPS) is 24.5. The molecule has 0 saturated carbocycles. The summed E-state index contributed by atoms with van der Waals surface area (Å²) < 4.78 is 31.6. The predicted octanol–water partition coefficient (Wildman–Crippen LogP) is 2.68. The predicted molar refractivity (Wildman–Crippen MR) is 143 cm³/mol. The number of fused-ring (bicyclic) bond motifs is 1. The summed E-state index contributed by atoms with van der Waals surface area (Å²) in [5.74, 6) is -0.610. The van der Waals surface area contributed by atoms with Gasteiger partial charge < -0.3 is 14.2 Å². The van der Waals surface area contributed by atoms with E-state index in [-0.39, 0.29) is 24.2 Å². The smallest absolute Gasteiger partial charge is 0.257 e. The Balaban J connectivity index is 0.00000320. The highest BCUT2D eigenvalue weighted by Gasteiger charge is 2.58. The van der Waals surface area contributed by atoms with Crippen LogP contribution in [0.2, 0.25) is 0 Å². The van der Waals surface area contributed by atoms with E-state index in [1.165, 1.54) is 5.69 Å². The van der Waals surface area contributed by atoms with Crippen LogP contribution in [0.15, 0.2) is 47.1 Å². The van der Waals surface area contributed by atoms with Crippen molar-refractivity contribution in [3.05, 3.63) is 54.0 Å². The Morgan fingerprint density at radius 2 is 1.73 bits per heavy atom. The number of nitrogens with zero attached hydrogens (tertiary/aromatic N) is 4. The Morgan fingerprint density at radius 3 is 2.35 bits per heavy atom. The van der Waals surface area contributed by atoms with E-state index in [0.29, 0.717) is 30.8 Å². The Bertz CT molecular complexity index is 1230. The number of benzene rings is 1. The fraction of sp³-hybridized carbons (Fsp3) is 0.538. The molecule has 3 atom stereocenters. The molecule has 0 radical (unpaired) electrons. The van der Waals surface area contributed by atoms with Gasteiger partial charge in [0, 0.05) is 38.4 Å². The van der Waals surface area contributed by atoms with Crippen molar-refractivity contribution in [1.29, 1.82) is 0 Å². The Hall–Kier alpha value is -2.56. The zero-order valence-electron chi connectivity index (χ0n) is 21.4. The van der Waals surface area contributed by atoms with Crippen LogP contribution in [0.1, 0.15) is 36.4 Å². The third-order valence-corrected chi connectivity index (χ3v) is 8.93. The summed E-state index contributed by atoms with van der Waals surface area (Å²) in [6.07, 6.45) is 3.06. The van der Waals surface area contributed by atoms with Gasteiger partial charge in [0.15, 0.2) is 0 Å². The number of hydrogen-bond acceptors (Lipinski definition) is 7. The minimum atomic E-state index is -3.71. The van der Waals surface area contributed by atoms with E-state index in [4.69, 9.17) is 4.42 Å². The highest BCUT2D eigenvalue weighted by atomic mass is 35.5. The topological polar surface area (TPSA) is 94.4 Å². The molecule has 9 nitrogen and oxygen atoms in total. The molecule has 0 unspecified atom stereocenters. The third kappa shape index (κ3) is 5.11. The average molecular weight is 551 g/mol. The second kappa shape index (κ2) is 10.7. The molecule has 3 fully saturated rings. The Labute approximate surface area is 224 Å². The van der Waals surface area contributed by atoms with Crippen molar-refractivity contribution < 1.29 is 22.4 Å². The van der Waals surface area contributed by atoms with Crippen LogP contribution in [0.4, 0.5) is 5.69 Å². The number of sulfonamides is 1. The van der Waals surface area contributed by atoms with Crippen LogP contribution in [0.25, 0.3) is 0 Å². The minimum Gasteiger partial charge on any atom is -0.467 e. The van der Waals surface area contributed by atoms with Crippen LogP contribution in [-0.4, -0.2) is 85.4 Å². The molecule has 0 bridgehead atoms. The summed E-state index contributed by atoms with van der Waals surface area (Å²) in [5, 5.41) is 0. The monoisotopic (exact) mass is 550 g/mol. The fourth-order valence-corrected chi connectivity index (χ4v) is 7.26. The van der Waals surface area contributed by atoms with E-state index in [9.17, 15) is 18.0 Å². The maximum atomic E-state index is 13.7. The first kappa shape index (κ1) is 27.5. The number of para-hydroxylation sites is 1. The summed E-state index contributed by atoms with van der Waals surface area (Å²) in [6.45, 7) is 8.25. The summed E-state index contributed by atoms with van der Waals surface area (Å²) in [6, 6.07) is 11.1. The SMILES string of the molecule is CC(C)[C@H]1C(=O)N(S(C)(=O)=O)[C@H]2CCN(C(=O)c3ccoc3CN3CCN(c4ccccc4)CC3)[C@H]12.Cl. The molecule has 11 heteroatoms. The van der Waals surface area contributed by atoms with Crippen LogP contribution in [-0.2, 0) is 21.4 Å². The van der Waals surface area contributed by atoms with Crippen molar-refractivity contribution in [2.75, 3.05) is 43.9 Å². The first-order chi connectivity index (χ1) is 17.2. The van der Waals surface area contributed by atoms with Gasteiger partial charge in [-0.05, 0) is 30.5 Å². The summed E-state index contributed by atoms with van der Waals surface area (Å²) in [7, 11) is -3.71. The van der Waals surface area contributed by atoms with Gasteiger partial charge >= 0.3 is 0 Å². The molecule has 4 heterocycles. The quantitative estimate of drug-likeness (QED) is 0.546. The first-order valence-corrected chi connectivity index (χ1v) is 14.4. The van der Waals surface area contributed by atoms with Crippen LogP contribution in [0.3, 0.4) is 0 Å². The van der Waals surface area contributed by atoms with Crippen LogP contribution in [0, 0.1) is 11.8 Å². The number of hydrogen-bond donors (Lipinski definition) is 0. The van der Waals surface area contributed by atoms with Crippen molar-refractivity contribution in [2.24, 2.45) is 11.8 Å². The fourth-order valence-electron chi connectivity index (χ4n) is 6.08. The highest BCUT2D eigenvalue weighted by molar-refractivity contribution is 7.88. The second-order valence-electron chi connectivity index (χ2n) is 10.4. The van der Waals surface area contributed by atoms with Crippen molar-refractivity contribution >= 4 is 39.9 Å². The van der Waals surface area contributed by atoms with Crippen molar-refractivity contribution in [3.63, 3.8) is 0 Å². The standard InChI is InChI=1S/C26H34N4O5S.ClH/c1-18(2)23-24-21(30(26(23)32)36(3,33)34)9-11-29(24)25(31)20-10-16-35-22(20)17-27-12-14-28(15-13-27)19-7-5-4-6-8-19;/h4-8,10,16,18,21,23-24H,9,11-15,17H2,1-3H3;1H/t21-,23+,24-;/m0./s1. The second-order valence-corrected chi connectivity index (χ2v) is 12.2. The van der Waals surface area contributed by atoms with Gasteiger partial charge in [-0.1, -0.05) is 32.0 Å². The third-order valence-electron chi connectivity index (χ3n) is 7.76. The number of furan rings is 1. The molecule has 0 N–H and O–H groups in total. The van der Waals surface area contributed by atoms with Crippen molar-refractivity contribution in [1.82, 2.24) is 14.1 Å². The van der Waals surface area contributed by atoms with E-state index in [1.807, 2.05) is 32.0 Å². The summed E-state index contributed by atoms with van der Waals surface area (Å²) >= 11 is 0. The molecule has 1 aromatic carbocycles. The van der Waals surface area contributed by atoms with E-state index in [1.54, 1.807) is 17.2 Å². The zero-order valence-corrected chi connectivity index (χ0v) is 23.1. The number of carbonyl (C=O) groups excluding carboxylic acids is 2. The molecule has 1 aromatic heterocycles.